The molecule has 0 saturated heterocycles. The molecule has 0 amide bonds. The quantitative estimate of drug-likeness (QED) is 0.688. The standard InChI is InChI=1S/C11H8N4O2S/c16-18(17,11-7-3-4-8-12-11)15-10-6-2-1-5-9(10)13-14-15/h1-8H. The first kappa shape index (κ1) is 10.8. The van der Waals surface area contributed by atoms with E-state index < -0.39 is 10.0 Å². The minimum absolute atomic E-state index is 0.0550. The summed E-state index contributed by atoms with van der Waals surface area (Å²) in [6.45, 7) is 0. The Labute approximate surface area is 103 Å². The van der Waals surface area contributed by atoms with Gasteiger partial charge in [0.1, 0.15) is 11.0 Å². The van der Waals surface area contributed by atoms with Crippen LogP contribution in [-0.2, 0) is 10.0 Å². The maximum Gasteiger partial charge on any atom is 0.302 e. The SMILES string of the molecule is O=S(=O)(c1ccccn1)n1nnc2ccccc21. The predicted octanol–water partition coefficient (Wildman–Crippen LogP) is 1.06. The van der Waals surface area contributed by atoms with Crippen LogP contribution in [0.1, 0.15) is 0 Å². The minimum Gasteiger partial charge on any atom is -0.243 e. The molecule has 0 N–H and O–H groups in total. The highest BCUT2D eigenvalue weighted by atomic mass is 32.2. The second-order valence-electron chi connectivity index (χ2n) is 3.59. The summed E-state index contributed by atoms with van der Waals surface area (Å²) in [7, 11) is -3.79. The van der Waals surface area contributed by atoms with Gasteiger partial charge in [0.05, 0.1) is 0 Å². The molecule has 0 radical (unpaired) electrons. The first-order valence-corrected chi connectivity index (χ1v) is 6.61. The molecule has 0 unspecified atom stereocenters. The smallest absolute Gasteiger partial charge is 0.243 e. The zero-order chi connectivity index (χ0) is 12.6. The number of fused-ring (bicyclic) bond motifs is 1. The van der Waals surface area contributed by atoms with Gasteiger partial charge in [-0.2, -0.15) is 8.42 Å². The van der Waals surface area contributed by atoms with Crippen LogP contribution in [-0.4, -0.2) is 27.8 Å². The zero-order valence-electron chi connectivity index (χ0n) is 9.13. The van der Waals surface area contributed by atoms with Crippen molar-refractivity contribution in [3.63, 3.8) is 0 Å². The number of rotatable bonds is 2. The Morgan fingerprint density at radius 1 is 1.00 bits per heavy atom. The lowest BCUT2D eigenvalue weighted by Gasteiger charge is -2.02. The molecule has 3 rings (SSSR count). The van der Waals surface area contributed by atoms with E-state index in [-0.39, 0.29) is 5.03 Å². The van der Waals surface area contributed by atoms with Gasteiger partial charge in [0.25, 0.3) is 0 Å². The van der Waals surface area contributed by atoms with Gasteiger partial charge in [-0.05, 0) is 24.3 Å². The Bertz CT molecular complexity index is 796. The number of nitrogens with zero attached hydrogens (tertiary/aromatic N) is 4. The summed E-state index contributed by atoms with van der Waals surface area (Å²) in [4.78, 5) is 3.84. The van der Waals surface area contributed by atoms with Crippen LogP contribution in [0.25, 0.3) is 11.0 Å². The Morgan fingerprint density at radius 2 is 1.78 bits per heavy atom. The molecule has 6 nitrogen and oxygen atoms in total. The monoisotopic (exact) mass is 260 g/mol. The molecular formula is C11H8N4O2S. The molecule has 0 fully saturated rings. The predicted molar refractivity (Wildman–Crippen MR) is 64.3 cm³/mol. The molecule has 3 aromatic rings. The minimum atomic E-state index is -3.79. The Balaban J connectivity index is 2.27. The number of aromatic nitrogens is 4. The van der Waals surface area contributed by atoms with Crippen LogP contribution in [0, 0.1) is 0 Å². The van der Waals surface area contributed by atoms with Gasteiger partial charge in [0, 0.05) is 6.20 Å². The summed E-state index contributed by atoms with van der Waals surface area (Å²) in [6.07, 6.45) is 1.42. The fourth-order valence-corrected chi connectivity index (χ4v) is 2.78. The van der Waals surface area contributed by atoms with Crippen molar-refractivity contribution in [1.29, 1.82) is 0 Å². The average molecular weight is 260 g/mol. The highest BCUT2D eigenvalue weighted by molar-refractivity contribution is 7.89. The lowest BCUT2D eigenvalue weighted by atomic mass is 10.3. The third-order valence-electron chi connectivity index (χ3n) is 2.45. The second kappa shape index (κ2) is 3.88. The molecule has 1 aromatic carbocycles. The third-order valence-corrected chi connectivity index (χ3v) is 3.95. The van der Waals surface area contributed by atoms with Gasteiger partial charge in [-0.3, -0.25) is 0 Å². The van der Waals surface area contributed by atoms with E-state index in [9.17, 15) is 8.42 Å². The number of hydrogen-bond donors (Lipinski definition) is 0. The van der Waals surface area contributed by atoms with E-state index in [1.54, 1.807) is 36.4 Å². The van der Waals surface area contributed by atoms with E-state index in [0.717, 1.165) is 4.09 Å². The lowest BCUT2D eigenvalue weighted by molar-refractivity contribution is 0.575. The molecule has 2 heterocycles. The average Bonchev–Trinajstić information content (AvgIpc) is 2.84. The van der Waals surface area contributed by atoms with Gasteiger partial charge in [-0.25, -0.2) is 4.98 Å². The molecule has 0 bridgehead atoms. The molecule has 7 heteroatoms. The van der Waals surface area contributed by atoms with Crippen LogP contribution in [0.15, 0.2) is 53.7 Å². The molecule has 0 spiro atoms. The van der Waals surface area contributed by atoms with Crippen molar-refractivity contribution in [2.45, 2.75) is 5.03 Å². The topological polar surface area (TPSA) is 77.7 Å². The molecule has 0 atom stereocenters. The van der Waals surface area contributed by atoms with Crippen molar-refractivity contribution in [1.82, 2.24) is 19.4 Å². The van der Waals surface area contributed by atoms with Crippen LogP contribution in [0.5, 0.6) is 0 Å². The Hall–Kier alpha value is -2.28. The maximum atomic E-state index is 12.3. The molecule has 18 heavy (non-hydrogen) atoms. The van der Waals surface area contributed by atoms with E-state index >= 15 is 0 Å². The highest BCUT2D eigenvalue weighted by Crippen LogP contribution is 2.16. The van der Waals surface area contributed by atoms with Crippen LogP contribution in [0.2, 0.25) is 0 Å². The molecule has 0 saturated carbocycles. The second-order valence-corrected chi connectivity index (χ2v) is 5.31. The van der Waals surface area contributed by atoms with Crippen molar-refractivity contribution in [2.75, 3.05) is 0 Å². The molecular weight excluding hydrogens is 252 g/mol. The van der Waals surface area contributed by atoms with Crippen LogP contribution in [0.3, 0.4) is 0 Å². The van der Waals surface area contributed by atoms with Gasteiger partial charge >= 0.3 is 10.0 Å². The molecule has 0 aliphatic carbocycles. The first-order chi connectivity index (χ1) is 8.69. The van der Waals surface area contributed by atoms with E-state index in [0.29, 0.717) is 11.0 Å². The van der Waals surface area contributed by atoms with Gasteiger partial charge in [-0.1, -0.05) is 23.4 Å². The maximum absolute atomic E-state index is 12.3. The number of pyridine rings is 1. The van der Waals surface area contributed by atoms with E-state index in [2.05, 4.69) is 15.3 Å². The van der Waals surface area contributed by atoms with Crippen molar-refractivity contribution in [3.8, 4) is 0 Å². The summed E-state index contributed by atoms with van der Waals surface area (Å²) in [5.41, 5.74) is 0.958. The van der Waals surface area contributed by atoms with Crippen LogP contribution >= 0.6 is 0 Å². The van der Waals surface area contributed by atoms with E-state index in [1.165, 1.54) is 12.3 Å². The first-order valence-electron chi connectivity index (χ1n) is 5.17. The number of hydrogen-bond acceptors (Lipinski definition) is 5. The summed E-state index contributed by atoms with van der Waals surface area (Å²) >= 11 is 0. The highest BCUT2D eigenvalue weighted by Gasteiger charge is 2.21. The fourth-order valence-electron chi connectivity index (χ4n) is 1.61. The van der Waals surface area contributed by atoms with Gasteiger partial charge in [0.2, 0.25) is 0 Å². The number of benzene rings is 1. The van der Waals surface area contributed by atoms with Gasteiger partial charge in [0.15, 0.2) is 5.03 Å². The van der Waals surface area contributed by atoms with Gasteiger partial charge in [-0.15, -0.1) is 9.19 Å². The van der Waals surface area contributed by atoms with Crippen molar-refractivity contribution in [3.05, 3.63) is 48.7 Å². The normalized spacial score (nSPS) is 11.8. The molecule has 0 aliphatic heterocycles. The largest absolute Gasteiger partial charge is 0.302 e. The number of para-hydroxylation sites is 1. The van der Waals surface area contributed by atoms with Crippen molar-refractivity contribution >= 4 is 21.1 Å². The summed E-state index contributed by atoms with van der Waals surface area (Å²) in [6, 6.07) is 11.5. The van der Waals surface area contributed by atoms with E-state index in [4.69, 9.17) is 0 Å². The van der Waals surface area contributed by atoms with Crippen molar-refractivity contribution < 1.29 is 8.42 Å². The van der Waals surface area contributed by atoms with Crippen LogP contribution in [0.4, 0.5) is 0 Å². The summed E-state index contributed by atoms with van der Waals surface area (Å²) in [5, 5.41) is 7.44. The summed E-state index contributed by atoms with van der Waals surface area (Å²) in [5.74, 6) is 0. The molecule has 0 aliphatic rings. The van der Waals surface area contributed by atoms with Crippen molar-refractivity contribution in [2.24, 2.45) is 0 Å². The lowest BCUT2D eigenvalue weighted by Crippen LogP contribution is -2.15. The molecule has 2 aromatic heterocycles. The zero-order valence-corrected chi connectivity index (χ0v) is 9.95. The molecule has 90 valence electrons. The Morgan fingerprint density at radius 3 is 2.56 bits per heavy atom. The third kappa shape index (κ3) is 1.56. The van der Waals surface area contributed by atoms with Gasteiger partial charge < -0.3 is 0 Å². The fraction of sp³-hybridized carbons (Fsp3) is 0. The van der Waals surface area contributed by atoms with Crippen LogP contribution < -0.4 is 0 Å². The summed E-state index contributed by atoms with van der Waals surface area (Å²) < 4.78 is 25.5. The van der Waals surface area contributed by atoms with E-state index in [1.807, 2.05) is 0 Å². The Kier molecular flexibility index (Phi) is 2.34.